The molecule has 0 saturated carbocycles. The summed E-state index contributed by atoms with van der Waals surface area (Å²) in [5.41, 5.74) is 1.28. The normalized spacial score (nSPS) is 18.5. The van der Waals surface area contributed by atoms with Gasteiger partial charge in [-0.3, -0.25) is 4.79 Å². The molecule has 1 aromatic rings. The summed E-state index contributed by atoms with van der Waals surface area (Å²) in [5, 5.41) is 0. The van der Waals surface area contributed by atoms with Gasteiger partial charge in [0.2, 0.25) is 5.91 Å². The van der Waals surface area contributed by atoms with Gasteiger partial charge in [-0.25, -0.2) is 0 Å². The van der Waals surface area contributed by atoms with E-state index in [4.69, 9.17) is 0 Å². The molecule has 0 N–H and O–H groups in total. The van der Waals surface area contributed by atoms with Crippen LogP contribution in [-0.4, -0.2) is 48.5 Å². The maximum atomic E-state index is 13.0. The predicted molar refractivity (Wildman–Crippen MR) is 100 cm³/mol. The van der Waals surface area contributed by atoms with Crippen molar-refractivity contribution in [2.45, 2.75) is 47.6 Å². The van der Waals surface area contributed by atoms with Gasteiger partial charge in [-0.2, -0.15) is 0 Å². The smallest absolute Gasteiger partial charge is 0.228 e. The van der Waals surface area contributed by atoms with Gasteiger partial charge in [0.1, 0.15) is 6.54 Å². The minimum absolute atomic E-state index is 0.173. The number of hydrogen-bond acceptors (Lipinski definition) is 1. The number of rotatable bonds is 4. The summed E-state index contributed by atoms with van der Waals surface area (Å²) in [6.07, 6.45) is 0.922. The van der Waals surface area contributed by atoms with Crippen LogP contribution in [0.1, 0.15) is 46.6 Å². The second-order valence-corrected chi connectivity index (χ2v) is 9.62. The van der Waals surface area contributed by atoms with Gasteiger partial charge in [0.05, 0.1) is 33.2 Å². The summed E-state index contributed by atoms with van der Waals surface area (Å²) in [6, 6.07) is 10.7. The molecule has 3 nitrogen and oxygen atoms in total. The zero-order valence-corrected chi connectivity index (χ0v) is 16.4. The van der Waals surface area contributed by atoms with Crippen LogP contribution in [0.25, 0.3) is 0 Å². The van der Waals surface area contributed by atoms with Crippen LogP contribution < -0.4 is 0 Å². The third-order valence-electron chi connectivity index (χ3n) is 5.07. The lowest BCUT2D eigenvalue weighted by atomic mass is 9.75. The number of quaternary nitrogens is 1. The average molecular weight is 332 g/mol. The number of hydrogen-bond donors (Lipinski definition) is 0. The number of amides is 1. The Morgan fingerprint density at radius 2 is 1.58 bits per heavy atom. The minimum atomic E-state index is -0.279. The lowest BCUT2D eigenvalue weighted by Crippen LogP contribution is -2.59. The van der Waals surface area contributed by atoms with Crippen LogP contribution >= 0.6 is 0 Å². The molecule has 0 atom stereocenters. The molecule has 134 valence electrons. The fourth-order valence-corrected chi connectivity index (χ4v) is 4.16. The zero-order chi connectivity index (χ0) is 18.0. The summed E-state index contributed by atoms with van der Waals surface area (Å²) in [7, 11) is 2.31. The molecule has 0 bridgehead atoms. The van der Waals surface area contributed by atoms with Crippen molar-refractivity contribution in [3.8, 4) is 0 Å². The van der Waals surface area contributed by atoms with Crippen molar-refractivity contribution >= 4 is 5.91 Å². The Bertz CT molecular complexity index is 549. The molecule has 0 radical (unpaired) electrons. The zero-order valence-electron chi connectivity index (χ0n) is 16.4. The molecule has 1 saturated heterocycles. The Kier molecular flexibility index (Phi) is 5.44. The van der Waals surface area contributed by atoms with E-state index in [2.05, 4.69) is 76.9 Å². The van der Waals surface area contributed by atoms with Crippen LogP contribution in [-0.2, 0) is 11.3 Å². The van der Waals surface area contributed by atoms with Crippen molar-refractivity contribution < 1.29 is 9.28 Å². The van der Waals surface area contributed by atoms with Gasteiger partial charge in [-0.15, -0.1) is 0 Å². The van der Waals surface area contributed by atoms with E-state index in [-0.39, 0.29) is 10.8 Å². The number of benzene rings is 1. The van der Waals surface area contributed by atoms with Gasteiger partial charge in [-0.05, 0) is 11.8 Å². The fraction of sp³-hybridized carbons (Fsp3) is 0.667. The number of likely N-dealkylation sites (N-methyl/N-ethyl adjacent to an activating group) is 1. The van der Waals surface area contributed by atoms with Crippen molar-refractivity contribution in [1.82, 2.24) is 4.90 Å². The van der Waals surface area contributed by atoms with Crippen molar-refractivity contribution in [3.63, 3.8) is 0 Å². The third-order valence-corrected chi connectivity index (χ3v) is 5.07. The molecule has 1 aliphatic heterocycles. The highest BCUT2D eigenvalue weighted by Crippen LogP contribution is 2.35. The topological polar surface area (TPSA) is 20.3 Å². The van der Waals surface area contributed by atoms with Gasteiger partial charge in [0.25, 0.3) is 0 Å². The molecule has 1 aliphatic rings. The van der Waals surface area contributed by atoms with Crippen LogP contribution in [0.15, 0.2) is 30.3 Å². The summed E-state index contributed by atoms with van der Waals surface area (Å²) < 4.78 is 1.02. The maximum Gasteiger partial charge on any atom is 0.228 e. The molecule has 24 heavy (non-hydrogen) atoms. The largest absolute Gasteiger partial charge is 0.331 e. The standard InChI is InChI=1S/C21H35N2O/c1-20(2,3)17-21(4,5)19(24)22-12-14-23(6,15-13-22)16-18-10-8-7-9-11-18/h7-11H,12-17H2,1-6H3/q+1. The number of carbonyl (C=O) groups excluding carboxylic acids is 1. The van der Waals surface area contributed by atoms with Crippen LogP contribution in [0.4, 0.5) is 0 Å². The maximum absolute atomic E-state index is 13.0. The van der Waals surface area contributed by atoms with Crippen molar-refractivity contribution in [3.05, 3.63) is 35.9 Å². The van der Waals surface area contributed by atoms with E-state index < -0.39 is 0 Å². The van der Waals surface area contributed by atoms with E-state index in [9.17, 15) is 4.79 Å². The molecular weight excluding hydrogens is 296 g/mol. The highest BCUT2D eigenvalue weighted by atomic mass is 16.2. The first kappa shape index (κ1) is 19.0. The van der Waals surface area contributed by atoms with Crippen LogP contribution in [0, 0.1) is 10.8 Å². The SMILES string of the molecule is CC(C)(C)CC(C)(C)C(=O)N1CC[N+](C)(Cc2ccccc2)CC1. The first-order valence-electron chi connectivity index (χ1n) is 9.18. The summed E-state index contributed by atoms with van der Waals surface area (Å²) in [4.78, 5) is 15.1. The Balaban J connectivity index is 1.95. The monoisotopic (exact) mass is 331 g/mol. The van der Waals surface area contributed by atoms with Gasteiger partial charge in [0.15, 0.2) is 0 Å². The van der Waals surface area contributed by atoms with Gasteiger partial charge in [-0.1, -0.05) is 65.0 Å². The van der Waals surface area contributed by atoms with Gasteiger partial charge in [0, 0.05) is 11.0 Å². The molecule has 1 amide bonds. The molecule has 1 fully saturated rings. The lowest BCUT2D eigenvalue weighted by molar-refractivity contribution is -0.926. The van der Waals surface area contributed by atoms with Crippen LogP contribution in [0.3, 0.4) is 0 Å². The van der Waals surface area contributed by atoms with E-state index in [1.165, 1.54) is 5.56 Å². The average Bonchev–Trinajstić information content (AvgIpc) is 2.45. The van der Waals surface area contributed by atoms with Gasteiger partial charge >= 0.3 is 0 Å². The molecule has 0 unspecified atom stereocenters. The van der Waals surface area contributed by atoms with E-state index in [0.29, 0.717) is 5.91 Å². The van der Waals surface area contributed by atoms with Crippen molar-refractivity contribution in [2.24, 2.45) is 10.8 Å². The summed E-state index contributed by atoms with van der Waals surface area (Å²) in [6.45, 7) is 15.7. The number of carbonyl (C=O) groups is 1. The molecule has 1 heterocycles. The van der Waals surface area contributed by atoms with Crippen molar-refractivity contribution in [2.75, 3.05) is 33.2 Å². The highest BCUT2D eigenvalue weighted by molar-refractivity contribution is 5.82. The highest BCUT2D eigenvalue weighted by Gasteiger charge is 2.39. The molecule has 2 rings (SSSR count). The first-order valence-corrected chi connectivity index (χ1v) is 9.18. The molecule has 0 spiro atoms. The summed E-state index contributed by atoms with van der Waals surface area (Å²) >= 11 is 0. The molecule has 0 aromatic heterocycles. The van der Waals surface area contributed by atoms with E-state index in [0.717, 1.165) is 43.6 Å². The second-order valence-electron chi connectivity index (χ2n) is 9.62. The van der Waals surface area contributed by atoms with Crippen LogP contribution in [0.5, 0.6) is 0 Å². The van der Waals surface area contributed by atoms with Crippen molar-refractivity contribution in [1.29, 1.82) is 0 Å². The Hall–Kier alpha value is -1.35. The van der Waals surface area contributed by atoms with E-state index in [1.54, 1.807) is 0 Å². The van der Waals surface area contributed by atoms with Gasteiger partial charge < -0.3 is 9.38 Å². The second kappa shape index (κ2) is 6.87. The summed E-state index contributed by atoms with van der Waals surface area (Å²) in [5.74, 6) is 0.323. The molecular formula is C21H35N2O+. The Labute approximate surface area is 148 Å². The Morgan fingerprint density at radius 3 is 2.08 bits per heavy atom. The number of piperazine rings is 1. The Morgan fingerprint density at radius 1 is 1.04 bits per heavy atom. The minimum Gasteiger partial charge on any atom is -0.331 e. The molecule has 3 heteroatoms. The molecule has 1 aromatic carbocycles. The number of nitrogens with zero attached hydrogens (tertiary/aromatic N) is 2. The molecule has 0 aliphatic carbocycles. The lowest BCUT2D eigenvalue weighted by Gasteiger charge is -2.44. The van der Waals surface area contributed by atoms with E-state index >= 15 is 0 Å². The fourth-order valence-electron chi connectivity index (χ4n) is 4.16. The van der Waals surface area contributed by atoms with Crippen LogP contribution in [0.2, 0.25) is 0 Å². The predicted octanol–water partition coefficient (Wildman–Crippen LogP) is 3.94. The quantitative estimate of drug-likeness (QED) is 0.765. The third kappa shape index (κ3) is 5.07. The first-order chi connectivity index (χ1) is 11.0. The van der Waals surface area contributed by atoms with E-state index in [1.807, 2.05) is 0 Å².